The van der Waals surface area contributed by atoms with Gasteiger partial charge in [0.15, 0.2) is 16.6 Å². The molecule has 144 valence electrons. The van der Waals surface area contributed by atoms with Crippen LogP contribution in [-0.4, -0.2) is 64.4 Å². The normalized spacial score (nSPS) is 15.2. The lowest BCUT2D eigenvalue weighted by atomic mass is 10.2. The van der Waals surface area contributed by atoms with Crippen molar-refractivity contribution in [1.29, 1.82) is 0 Å². The molecule has 0 spiro atoms. The quantitative estimate of drug-likeness (QED) is 0.331. The summed E-state index contributed by atoms with van der Waals surface area (Å²) >= 11 is 5.16. The van der Waals surface area contributed by atoms with Crippen molar-refractivity contribution < 1.29 is 27.9 Å². The lowest BCUT2D eigenvalue weighted by Crippen LogP contribution is -3.14. The number of morpholine rings is 1. The molecule has 1 fully saturated rings. The summed E-state index contributed by atoms with van der Waals surface area (Å²) in [7, 11) is 1.38. The highest BCUT2D eigenvalue weighted by Crippen LogP contribution is 2.28. The van der Waals surface area contributed by atoms with Crippen LogP contribution in [0, 0.1) is 0 Å². The summed E-state index contributed by atoms with van der Waals surface area (Å²) in [5, 5.41) is 7.52. The van der Waals surface area contributed by atoms with E-state index in [4.69, 9.17) is 21.7 Å². The number of hydrogen-bond donors (Lipinski definition) is 3. The highest BCUT2D eigenvalue weighted by Gasteiger charge is 2.13. The molecule has 0 radical (unpaired) electrons. The van der Waals surface area contributed by atoms with E-state index in [1.54, 1.807) is 12.1 Å². The minimum Gasteiger partial charge on any atom is -0.493 e. The van der Waals surface area contributed by atoms with E-state index in [-0.39, 0.29) is 11.5 Å². The molecule has 1 aliphatic rings. The fraction of sp³-hybridized carbons (Fsp3) is 0.500. The fourth-order valence-electron chi connectivity index (χ4n) is 2.43. The highest BCUT2D eigenvalue weighted by molar-refractivity contribution is 7.80. The number of benzene rings is 1. The summed E-state index contributed by atoms with van der Waals surface area (Å²) in [6.07, 6.45) is 1.51. The predicted molar refractivity (Wildman–Crippen MR) is 97.3 cm³/mol. The largest absolute Gasteiger partial charge is 0.493 e. The van der Waals surface area contributed by atoms with Crippen LogP contribution < -0.4 is 25.1 Å². The van der Waals surface area contributed by atoms with Crippen molar-refractivity contribution in [2.24, 2.45) is 5.10 Å². The Morgan fingerprint density at radius 1 is 1.38 bits per heavy atom. The molecular weight excluding hydrogens is 366 g/mol. The number of nitrogens with zero attached hydrogens (tertiary/aromatic N) is 1. The van der Waals surface area contributed by atoms with Crippen LogP contribution in [0.5, 0.6) is 11.5 Å². The number of hydrazone groups is 1. The van der Waals surface area contributed by atoms with Gasteiger partial charge in [-0.15, -0.1) is 0 Å². The zero-order chi connectivity index (χ0) is 18.8. The van der Waals surface area contributed by atoms with E-state index < -0.39 is 6.61 Å². The van der Waals surface area contributed by atoms with Crippen LogP contribution >= 0.6 is 12.2 Å². The average molecular weight is 389 g/mol. The molecule has 3 N–H and O–H groups in total. The second-order valence-electron chi connectivity index (χ2n) is 5.53. The molecule has 0 bridgehead atoms. The van der Waals surface area contributed by atoms with Gasteiger partial charge < -0.3 is 24.4 Å². The first kappa shape index (κ1) is 20.3. The second kappa shape index (κ2) is 10.8. The Labute approximate surface area is 156 Å². The van der Waals surface area contributed by atoms with E-state index in [1.807, 2.05) is 0 Å². The maximum atomic E-state index is 12.3. The number of alkyl halides is 2. The number of halogens is 2. The van der Waals surface area contributed by atoms with Crippen LogP contribution in [0.2, 0.25) is 0 Å². The summed E-state index contributed by atoms with van der Waals surface area (Å²) in [5.41, 5.74) is 3.37. The number of hydrogen-bond acceptors (Lipinski definition) is 5. The Bertz CT molecular complexity index is 613. The van der Waals surface area contributed by atoms with Gasteiger partial charge in [-0.05, 0) is 36.0 Å². The number of quaternary nitrogens is 1. The van der Waals surface area contributed by atoms with Gasteiger partial charge in [0.1, 0.15) is 13.1 Å². The molecule has 0 aromatic heterocycles. The maximum absolute atomic E-state index is 12.3. The molecule has 0 saturated carbocycles. The Morgan fingerprint density at radius 3 is 2.85 bits per heavy atom. The van der Waals surface area contributed by atoms with Gasteiger partial charge in [0, 0.05) is 0 Å². The molecule has 2 rings (SSSR count). The molecule has 10 heteroatoms. The van der Waals surface area contributed by atoms with Crippen LogP contribution in [0.3, 0.4) is 0 Å². The van der Waals surface area contributed by atoms with E-state index >= 15 is 0 Å². The number of thiocarbonyl (C=S) groups is 1. The van der Waals surface area contributed by atoms with Crippen LogP contribution in [0.25, 0.3) is 0 Å². The van der Waals surface area contributed by atoms with Crippen LogP contribution in [0.4, 0.5) is 8.78 Å². The van der Waals surface area contributed by atoms with Crippen molar-refractivity contribution in [1.82, 2.24) is 10.7 Å². The van der Waals surface area contributed by atoms with Crippen LogP contribution in [0.15, 0.2) is 23.3 Å². The van der Waals surface area contributed by atoms with E-state index in [2.05, 4.69) is 20.6 Å². The van der Waals surface area contributed by atoms with Crippen LogP contribution in [-0.2, 0) is 4.74 Å². The molecule has 1 heterocycles. The third-order valence-corrected chi connectivity index (χ3v) is 3.98. The molecule has 0 unspecified atom stereocenters. The van der Waals surface area contributed by atoms with Gasteiger partial charge >= 0.3 is 6.61 Å². The van der Waals surface area contributed by atoms with Crippen LogP contribution in [0.1, 0.15) is 5.56 Å². The third-order valence-electron chi connectivity index (χ3n) is 3.75. The average Bonchev–Trinajstić information content (AvgIpc) is 2.63. The Kier molecular flexibility index (Phi) is 8.45. The summed E-state index contributed by atoms with van der Waals surface area (Å²) in [6, 6.07) is 4.53. The first-order valence-electron chi connectivity index (χ1n) is 8.19. The van der Waals surface area contributed by atoms with Crippen molar-refractivity contribution in [3.8, 4) is 11.5 Å². The van der Waals surface area contributed by atoms with E-state index in [0.29, 0.717) is 10.7 Å². The summed E-state index contributed by atoms with van der Waals surface area (Å²) in [6.45, 7) is 2.40. The molecule has 1 aromatic carbocycles. The van der Waals surface area contributed by atoms with Crippen molar-refractivity contribution in [2.45, 2.75) is 6.61 Å². The molecule has 1 aliphatic heterocycles. The molecule has 1 saturated heterocycles. The van der Waals surface area contributed by atoms with Crippen molar-refractivity contribution in [3.05, 3.63) is 23.8 Å². The van der Waals surface area contributed by atoms with Crippen molar-refractivity contribution >= 4 is 23.5 Å². The smallest absolute Gasteiger partial charge is 0.387 e. The predicted octanol–water partition coefficient (Wildman–Crippen LogP) is 0.00970. The van der Waals surface area contributed by atoms with Gasteiger partial charge in [-0.2, -0.15) is 13.9 Å². The molecule has 1 aromatic rings. The maximum Gasteiger partial charge on any atom is 0.387 e. The zero-order valence-corrected chi connectivity index (χ0v) is 15.3. The van der Waals surface area contributed by atoms with Gasteiger partial charge in [-0.3, -0.25) is 5.43 Å². The Hall–Kier alpha value is -2.04. The minimum absolute atomic E-state index is 0.0320. The number of nitrogens with one attached hydrogen (secondary N) is 3. The highest BCUT2D eigenvalue weighted by atomic mass is 32.1. The van der Waals surface area contributed by atoms with Gasteiger partial charge in [-0.1, -0.05) is 0 Å². The lowest BCUT2D eigenvalue weighted by molar-refractivity contribution is -0.906. The molecule has 0 amide bonds. The van der Waals surface area contributed by atoms with Crippen molar-refractivity contribution in [3.63, 3.8) is 0 Å². The monoisotopic (exact) mass is 389 g/mol. The molecule has 0 aliphatic carbocycles. The zero-order valence-electron chi connectivity index (χ0n) is 14.5. The van der Waals surface area contributed by atoms with E-state index in [1.165, 1.54) is 24.3 Å². The van der Waals surface area contributed by atoms with Gasteiger partial charge in [0.2, 0.25) is 0 Å². The first-order valence-corrected chi connectivity index (χ1v) is 8.60. The summed E-state index contributed by atoms with van der Waals surface area (Å²) in [4.78, 5) is 1.48. The number of methoxy groups -OCH3 is 1. The fourth-order valence-corrected chi connectivity index (χ4v) is 2.58. The molecule has 0 atom stereocenters. The van der Waals surface area contributed by atoms with E-state index in [0.717, 1.165) is 39.4 Å². The van der Waals surface area contributed by atoms with Gasteiger partial charge in [-0.25, -0.2) is 0 Å². The van der Waals surface area contributed by atoms with E-state index in [9.17, 15) is 8.78 Å². The SMILES string of the molecule is COc1cc(/C=N\NC(=S)NCC[NH+]2CCOCC2)ccc1OC(F)F. The number of rotatable bonds is 8. The Morgan fingerprint density at radius 2 is 2.15 bits per heavy atom. The third kappa shape index (κ3) is 7.06. The first-order chi connectivity index (χ1) is 12.6. The Balaban J connectivity index is 1.75. The van der Waals surface area contributed by atoms with Gasteiger partial charge in [0.25, 0.3) is 0 Å². The number of ether oxygens (including phenoxy) is 3. The lowest BCUT2D eigenvalue weighted by Gasteiger charge is -2.23. The van der Waals surface area contributed by atoms with Crippen molar-refractivity contribution in [2.75, 3.05) is 46.5 Å². The molecule has 26 heavy (non-hydrogen) atoms. The minimum atomic E-state index is -2.91. The standard InChI is InChI=1S/C16H22F2N4O3S/c1-23-14-10-12(2-3-13(14)25-15(17)18)11-20-21-16(26)19-4-5-22-6-8-24-9-7-22/h2-3,10-11,15H,4-9H2,1H3,(H2,19,21,26)/p+1/b20-11-. The topological polar surface area (TPSA) is 68.5 Å². The van der Waals surface area contributed by atoms with Gasteiger partial charge in [0.05, 0.1) is 39.6 Å². The summed E-state index contributed by atoms with van der Waals surface area (Å²) in [5.74, 6) is 0.166. The molecule has 7 nitrogen and oxygen atoms in total. The second-order valence-corrected chi connectivity index (χ2v) is 5.94. The summed E-state index contributed by atoms with van der Waals surface area (Å²) < 4.78 is 39.3. The molecular formula is C16H23F2N4O3S+.